The van der Waals surface area contributed by atoms with Crippen LogP contribution in [0.15, 0.2) is 48.1 Å². The number of hydrogen-bond acceptors (Lipinski definition) is 5. The highest BCUT2D eigenvalue weighted by atomic mass is 32.1. The van der Waals surface area contributed by atoms with Gasteiger partial charge in [0, 0.05) is 25.2 Å². The number of benzene rings is 1. The van der Waals surface area contributed by atoms with Gasteiger partial charge in [-0.1, -0.05) is 25.0 Å². The summed E-state index contributed by atoms with van der Waals surface area (Å²) in [5.74, 6) is -0.600. The Morgan fingerprint density at radius 1 is 1.21 bits per heavy atom. The van der Waals surface area contributed by atoms with Gasteiger partial charge in [-0.2, -0.15) is 5.10 Å². The highest BCUT2D eigenvalue weighted by Gasteiger charge is 2.26. The van der Waals surface area contributed by atoms with E-state index in [0.29, 0.717) is 24.1 Å². The monoisotopic (exact) mass is 464 g/mol. The van der Waals surface area contributed by atoms with Crippen molar-refractivity contribution in [3.05, 3.63) is 70.7 Å². The largest absolute Gasteiger partial charge is 0.391 e. The van der Waals surface area contributed by atoms with Gasteiger partial charge in [0.05, 0.1) is 28.6 Å². The zero-order valence-electron chi connectivity index (χ0n) is 18.3. The van der Waals surface area contributed by atoms with Gasteiger partial charge in [-0.25, -0.2) is 9.37 Å². The van der Waals surface area contributed by atoms with E-state index in [-0.39, 0.29) is 17.8 Å². The zero-order chi connectivity index (χ0) is 22.9. The van der Waals surface area contributed by atoms with E-state index in [9.17, 15) is 9.90 Å². The molecule has 33 heavy (non-hydrogen) atoms. The van der Waals surface area contributed by atoms with Crippen LogP contribution in [0.25, 0.3) is 21.3 Å². The van der Waals surface area contributed by atoms with E-state index in [4.69, 9.17) is 0 Å². The van der Waals surface area contributed by atoms with E-state index < -0.39 is 6.10 Å². The summed E-state index contributed by atoms with van der Waals surface area (Å²) in [6.45, 7) is 0. The molecule has 0 saturated heterocycles. The molecule has 2 atom stereocenters. The predicted molar refractivity (Wildman–Crippen MR) is 127 cm³/mol. The van der Waals surface area contributed by atoms with E-state index in [1.54, 1.807) is 23.0 Å². The second-order valence-electron chi connectivity index (χ2n) is 8.62. The van der Waals surface area contributed by atoms with Crippen LogP contribution in [0, 0.1) is 5.82 Å². The van der Waals surface area contributed by atoms with Gasteiger partial charge in [0.15, 0.2) is 0 Å². The topological polar surface area (TPSA) is 80.0 Å². The third-order valence-corrected chi connectivity index (χ3v) is 7.22. The molecule has 4 aromatic rings. The lowest BCUT2D eigenvalue weighted by Crippen LogP contribution is -2.45. The molecule has 8 heteroatoms. The number of aromatic nitrogens is 3. The second kappa shape index (κ2) is 9.03. The smallest absolute Gasteiger partial charge is 0.270 e. The molecule has 1 fully saturated rings. The van der Waals surface area contributed by atoms with Crippen molar-refractivity contribution in [1.82, 2.24) is 20.1 Å². The number of amides is 1. The number of carbonyl (C=O) groups excluding carboxylic acids is 1. The fourth-order valence-electron chi connectivity index (χ4n) is 4.44. The van der Waals surface area contributed by atoms with Crippen LogP contribution < -0.4 is 5.32 Å². The Labute approximate surface area is 195 Å². The van der Waals surface area contributed by atoms with Crippen LogP contribution in [0.5, 0.6) is 0 Å². The lowest BCUT2D eigenvalue weighted by molar-refractivity contribution is 0.0714. The summed E-state index contributed by atoms with van der Waals surface area (Å²) in [4.78, 5) is 17.5. The molecule has 0 radical (unpaired) electrons. The van der Waals surface area contributed by atoms with Gasteiger partial charge in [0.2, 0.25) is 0 Å². The maximum absolute atomic E-state index is 15.0. The van der Waals surface area contributed by atoms with E-state index in [2.05, 4.69) is 15.4 Å². The molecule has 3 aromatic heterocycles. The van der Waals surface area contributed by atoms with Gasteiger partial charge >= 0.3 is 0 Å². The predicted octanol–water partition coefficient (Wildman–Crippen LogP) is 4.46. The van der Waals surface area contributed by atoms with Gasteiger partial charge in [-0.05, 0) is 53.1 Å². The van der Waals surface area contributed by atoms with Crippen molar-refractivity contribution in [3.8, 4) is 11.1 Å². The van der Waals surface area contributed by atoms with Crippen LogP contribution in [-0.2, 0) is 13.5 Å². The molecule has 5 rings (SSSR count). The number of thiophene rings is 1. The molecular weight excluding hydrogens is 439 g/mol. The van der Waals surface area contributed by atoms with Crippen LogP contribution in [0.2, 0.25) is 0 Å². The van der Waals surface area contributed by atoms with Crippen molar-refractivity contribution in [3.63, 3.8) is 0 Å². The number of halogens is 1. The number of nitrogens with zero attached hydrogens (tertiary/aromatic N) is 3. The standard InChI is InChI=1S/C25H25FN4O2S/c1-30-14-18(13-27-30)15-6-7-16(19(26)11-15)10-17-12-22(28-21-8-9-33-24(17)21)25(32)29-20-4-2-3-5-23(20)31/h6-9,11-14,20,23,31H,2-5,10H2,1H3,(H,29,32)/t20-,23-/m0/s1. The summed E-state index contributed by atoms with van der Waals surface area (Å²) in [6.07, 6.45) is 6.79. The number of aryl methyl sites for hydroxylation is 1. The van der Waals surface area contributed by atoms with Crippen molar-refractivity contribution in [2.24, 2.45) is 7.05 Å². The summed E-state index contributed by atoms with van der Waals surface area (Å²) in [6, 6.07) is 8.56. The summed E-state index contributed by atoms with van der Waals surface area (Å²) >= 11 is 1.53. The Balaban J connectivity index is 1.42. The van der Waals surface area contributed by atoms with Crippen molar-refractivity contribution in [1.29, 1.82) is 0 Å². The zero-order valence-corrected chi connectivity index (χ0v) is 19.1. The number of nitrogens with one attached hydrogen (secondary N) is 1. The molecule has 1 saturated carbocycles. The number of pyridine rings is 1. The van der Waals surface area contributed by atoms with E-state index in [0.717, 1.165) is 46.2 Å². The number of aliphatic hydroxyl groups excluding tert-OH is 1. The fourth-order valence-corrected chi connectivity index (χ4v) is 5.29. The number of rotatable bonds is 5. The number of aliphatic hydroxyl groups is 1. The van der Waals surface area contributed by atoms with Gasteiger partial charge < -0.3 is 10.4 Å². The van der Waals surface area contributed by atoms with Gasteiger partial charge in [-0.15, -0.1) is 11.3 Å². The number of fused-ring (bicyclic) bond motifs is 1. The number of hydrogen-bond donors (Lipinski definition) is 2. The van der Waals surface area contributed by atoms with Crippen molar-refractivity contribution < 1.29 is 14.3 Å². The molecule has 0 aliphatic heterocycles. The molecule has 170 valence electrons. The van der Waals surface area contributed by atoms with Gasteiger partial charge in [-0.3, -0.25) is 9.48 Å². The Morgan fingerprint density at radius 2 is 2.06 bits per heavy atom. The molecule has 0 unspecified atom stereocenters. The second-order valence-corrected chi connectivity index (χ2v) is 9.54. The summed E-state index contributed by atoms with van der Waals surface area (Å²) in [5, 5.41) is 19.2. The maximum Gasteiger partial charge on any atom is 0.270 e. The quantitative estimate of drug-likeness (QED) is 0.457. The van der Waals surface area contributed by atoms with E-state index >= 15 is 4.39 Å². The van der Waals surface area contributed by atoms with Gasteiger partial charge in [0.25, 0.3) is 5.91 Å². The molecule has 0 bridgehead atoms. The van der Waals surface area contributed by atoms with Crippen LogP contribution >= 0.6 is 11.3 Å². The SMILES string of the molecule is Cn1cc(-c2ccc(Cc3cc(C(=O)N[C@H]4CCCC[C@@H]4O)nc4ccsc34)c(F)c2)cn1. The lowest BCUT2D eigenvalue weighted by atomic mass is 9.92. The fraction of sp³-hybridized carbons (Fsp3) is 0.320. The molecule has 0 spiro atoms. The van der Waals surface area contributed by atoms with Crippen LogP contribution in [-0.4, -0.2) is 37.9 Å². The Bertz CT molecular complexity index is 1310. The molecular formula is C25H25FN4O2S. The lowest BCUT2D eigenvalue weighted by Gasteiger charge is -2.28. The van der Waals surface area contributed by atoms with Crippen molar-refractivity contribution in [2.45, 2.75) is 44.2 Å². The number of carbonyl (C=O) groups is 1. The minimum absolute atomic E-state index is 0.257. The molecule has 2 N–H and O–H groups in total. The normalized spacial score (nSPS) is 18.5. The Hall–Kier alpha value is -3.10. The Kier molecular flexibility index (Phi) is 5.95. The summed E-state index contributed by atoms with van der Waals surface area (Å²) < 4.78 is 17.6. The third-order valence-electron chi connectivity index (χ3n) is 6.24. The molecule has 1 aliphatic carbocycles. The summed E-state index contributed by atoms with van der Waals surface area (Å²) in [5.41, 5.74) is 4.05. The molecule has 1 amide bonds. The minimum atomic E-state index is -0.528. The van der Waals surface area contributed by atoms with E-state index in [1.165, 1.54) is 17.4 Å². The van der Waals surface area contributed by atoms with Crippen LogP contribution in [0.1, 0.15) is 47.3 Å². The molecule has 3 heterocycles. The van der Waals surface area contributed by atoms with Gasteiger partial charge in [0.1, 0.15) is 11.5 Å². The first kappa shape index (κ1) is 21.7. The van der Waals surface area contributed by atoms with Crippen LogP contribution in [0.3, 0.4) is 0 Å². The molecule has 1 aliphatic rings. The highest BCUT2D eigenvalue weighted by molar-refractivity contribution is 7.17. The first-order valence-corrected chi connectivity index (χ1v) is 12.0. The first-order valence-electron chi connectivity index (χ1n) is 11.1. The Morgan fingerprint density at radius 3 is 2.82 bits per heavy atom. The average molecular weight is 465 g/mol. The average Bonchev–Trinajstić information content (AvgIpc) is 3.45. The van der Waals surface area contributed by atoms with Crippen molar-refractivity contribution >= 4 is 27.5 Å². The highest BCUT2D eigenvalue weighted by Crippen LogP contribution is 2.29. The van der Waals surface area contributed by atoms with Crippen molar-refractivity contribution in [2.75, 3.05) is 0 Å². The molecule has 6 nitrogen and oxygen atoms in total. The van der Waals surface area contributed by atoms with Crippen LogP contribution in [0.4, 0.5) is 4.39 Å². The molecule has 1 aromatic carbocycles. The maximum atomic E-state index is 15.0. The minimum Gasteiger partial charge on any atom is -0.391 e. The first-order chi connectivity index (χ1) is 16.0. The summed E-state index contributed by atoms with van der Waals surface area (Å²) in [7, 11) is 1.83. The van der Waals surface area contributed by atoms with E-state index in [1.807, 2.05) is 30.8 Å². The third kappa shape index (κ3) is 4.54.